The van der Waals surface area contributed by atoms with E-state index in [0.29, 0.717) is 26.4 Å². The van der Waals surface area contributed by atoms with Crippen LogP contribution in [0.15, 0.2) is 121 Å². The Balaban J connectivity index is 1.36. The minimum absolute atomic E-state index is 0.224. The van der Waals surface area contributed by atoms with E-state index in [-0.39, 0.29) is 6.61 Å². The molecule has 6 heteroatoms. The van der Waals surface area contributed by atoms with Gasteiger partial charge in [-0.2, -0.15) is 0 Å². The third-order valence-corrected chi connectivity index (χ3v) is 6.86. The van der Waals surface area contributed by atoms with Crippen LogP contribution in [0.2, 0.25) is 0 Å². The molecule has 208 valence electrons. The highest BCUT2D eigenvalue weighted by Crippen LogP contribution is 2.30. The molecule has 1 aliphatic heterocycles. The quantitative estimate of drug-likeness (QED) is 0.236. The Morgan fingerprint density at radius 2 is 0.850 bits per heavy atom. The fourth-order valence-corrected chi connectivity index (χ4v) is 4.77. The molecule has 1 N–H and O–H groups in total. The number of hydrogen-bond donors (Lipinski definition) is 1. The van der Waals surface area contributed by atoms with E-state index in [1.165, 1.54) is 0 Å². The van der Waals surface area contributed by atoms with Gasteiger partial charge in [-0.25, -0.2) is 0 Å². The van der Waals surface area contributed by atoms with Crippen LogP contribution in [0.4, 0.5) is 0 Å². The van der Waals surface area contributed by atoms with E-state index in [9.17, 15) is 5.11 Å². The van der Waals surface area contributed by atoms with Crippen molar-refractivity contribution < 1.29 is 28.8 Å². The first kappa shape index (κ1) is 28.2. The molecule has 40 heavy (non-hydrogen) atoms. The molecule has 0 bridgehead atoms. The van der Waals surface area contributed by atoms with Gasteiger partial charge in [0.2, 0.25) is 0 Å². The van der Waals surface area contributed by atoms with Crippen molar-refractivity contribution in [2.75, 3.05) is 6.61 Å². The molecule has 0 saturated carbocycles. The SMILES string of the molecule is O[C@H]1OC(COCc2ccccc2)[C@H](OCc2ccccc2)C(OCc2ccccc2)C1OCc1ccccc1. The Hall–Kier alpha value is -3.36. The van der Waals surface area contributed by atoms with Crippen LogP contribution in [0.1, 0.15) is 22.3 Å². The zero-order chi connectivity index (χ0) is 27.4. The summed E-state index contributed by atoms with van der Waals surface area (Å²) in [5, 5.41) is 11.2. The van der Waals surface area contributed by atoms with Gasteiger partial charge in [0.05, 0.1) is 33.0 Å². The normalized spacial score (nSPS) is 22.7. The molecule has 3 unspecified atom stereocenters. The van der Waals surface area contributed by atoms with Crippen molar-refractivity contribution in [2.45, 2.75) is 57.1 Å². The van der Waals surface area contributed by atoms with E-state index in [1.54, 1.807) is 0 Å². The van der Waals surface area contributed by atoms with Gasteiger partial charge in [-0.15, -0.1) is 0 Å². The summed E-state index contributed by atoms with van der Waals surface area (Å²) in [6.07, 6.45) is -3.72. The summed E-state index contributed by atoms with van der Waals surface area (Å²) in [5.74, 6) is 0. The molecule has 4 aromatic carbocycles. The van der Waals surface area contributed by atoms with Crippen LogP contribution in [0.3, 0.4) is 0 Å². The Labute approximate surface area is 236 Å². The standard InChI is InChI=1S/C34H36O6/c35-34-33(39-24-29-19-11-4-12-20-29)32(38-23-28-17-9-3-10-18-28)31(37-22-27-15-7-2-8-16-27)30(40-34)25-36-21-26-13-5-1-6-14-26/h1-20,30-35H,21-25H2/t30?,31-,32?,33?,34-/m0/s1. The first-order chi connectivity index (χ1) is 19.8. The van der Waals surface area contributed by atoms with E-state index in [0.717, 1.165) is 22.3 Å². The van der Waals surface area contributed by atoms with Crippen LogP contribution in [0, 0.1) is 0 Å². The van der Waals surface area contributed by atoms with Crippen molar-refractivity contribution in [1.82, 2.24) is 0 Å². The molecular weight excluding hydrogens is 504 g/mol. The predicted molar refractivity (Wildman–Crippen MR) is 152 cm³/mol. The Kier molecular flexibility index (Phi) is 10.5. The van der Waals surface area contributed by atoms with Gasteiger partial charge in [0.25, 0.3) is 0 Å². The van der Waals surface area contributed by atoms with Crippen molar-refractivity contribution in [2.24, 2.45) is 0 Å². The Morgan fingerprint density at radius 3 is 1.30 bits per heavy atom. The zero-order valence-electron chi connectivity index (χ0n) is 22.5. The summed E-state index contributed by atoms with van der Waals surface area (Å²) < 4.78 is 31.4. The monoisotopic (exact) mass is 540 g/mol. The average molecular weight is 541 g/mol. The summed E-state index contributed by atoms with van der Waals surface area (Å²) in [4.78, 5) is 0. The van der Waals surface area contributed by atoms with Crippen LogP contribution >= 0.6 is 0 Å². The van der Waals surface area contributed by atoms with Crippen LogP contribution in [0.25, 0.3) is 0 Å². The smallest absolute Gasteiger partial charge is 0.184 e. The van der Waals surface area contributed by atoms with Crippen molar-refractivity contribution in [3.05, 3.63) is 144 Å². The summed E-state index contributed by atoms with van der Waals surface area (Å²) in [6, 6.07) is 39.7. The predicted octanol–water partition coefficient (Wildman–Crippen LogP) is 5.68. The maximum atomic E-state index is 11.2. The van der Waals surface area contributed by atoms with E-state index in [1.807, 2.05) is 121 Å². The summed E-state index contributed by atoms with van der Waals surface area (Å²) in [5.41, 5.74) is 4.10. The second-order valence-corrected chi connectivity index (χ2v) is 9.85. The van der Waals surface area contributed by atoms with Gasteiger partial charge < -0.3 is 28.8 Å². The van der Waals surface area contributed by atoms with Crippen molar-refractivity contribution in [3.8, 4) is 0 Å². The molecular formula is C34H36O6. The molecule has 1 heterocycles. The third kappa shape index (κ3) is 8.08. The van der Waals surface area contributed by atoms with E-state index >= 15 is 0 Å². The van der Waals surface area contributed by atoms with Gasteiger partial charge in [-0.1, -0.05) is 121 Å². The minimum atomic E-state index is -1.22. The molecule has 1 aliphatic rings. The second kappa shape index (κ2) is 14.9. The van der Waals surface area contributed by atoms with Gasteiger partial charge in [-0.3, -0.25) is 0 Å². The molecule has 0 spiro atoms. The lowest BCUT2D eigenvalue weighted by atomic mass is 9.98. The molecule has 6 nitrogen and oxygen atoms in total. The number of hydrogen-bond acceptors (Lipinski definition) is 6. The second-order valence-electron chi connectivity index (χ2n) is 9.85. The lowest BCUT2D eigenvalue weighted by Gasteiger charge is -2.44. The number of rotatable bonds is 13. The molecule has 0 amide bonds. The lowest BCUT2D eigenvalue weighted by Crippen LogP contribution is -2.61. The highest BCUT2D eigenvalue weighted by Gasteiger charge is 2.48. The molecule has 0 aromatic heterocycles. The number of aliphatic hydroxyl groups excluding tert-OH is 1. The van der Waals surface area contributed by atoms with Crippen molar-refractivity contribution in [1.29, 1.82) is 0 Å². The van der Waals surface area contributed by atoms with Gasteiger partial charge in [0, 0.05) is 0 Å². The fraction of sp³-hybridized carbons (Fsp3) is 0.294. The van der Waals surface area contributed by atoms with Crippen LogP contribution in [-0.4, -0.2) is 42.4 Å². The summed E-state index contributed by atoms with van der Waals surface area (Å²) in [6.45, 7) is 1.65. The first-order valence-electron chi connectivity index (χ1n) is 13.7. The third-order valence-electron chi connectivity index (χ3n) is 6.86. The van der Waals surface area contributed by atoms with E-state index in [2.05, 4.69) is 0 Å². The number of aliphatic hydroxyl groups is 1. The maximum absolute atomic E-state index is 11.2. The fourth-order valence-electron chi connectivity index (χ4n) is 4.77. The van der Waals surface area contributed by atoms with Gasteiger partial charge in [0.15, 0.2) is 6.29 Å². The first-order valence-corrected chi connectivity index (χ1v) is 13.7. The average Bonchev–Trinajstić information content (AvgIpc) is 3.01. The maximum Gasteiger partial charge on any atom is 0.184 e. The number of ether oxygens (including phenoxy) is 5. The molecule has 1 fully saturated rings. The van der Waals surface area contributed by atoms with Crippen LogP contribution in [0.5, 0.6) is 0 Å². The van der Waals surface area contributed by atoms with E-state index < -0.39 is 30.7 Å². The van der Waals surface area contributed by atoms with Gasteiger partial charge >= 0.3 is 0 Å². The highest BCUT2D eigenvalue weighted by atomic mass is 16.7. The molecule has 1 saturated heterocycles. The minimum Gasteiger partial charge on any atom is -0.374 e. The van der Waals surface area contributed by atoms with E-state index in [4.69, 9.17) is 23.7 Å². The highest BCUT2D eigenvalue weighted by molar-refractivity contribution is 5.16. The molecule has 0 aliphatic carbocycles. The van der Waals surface area contributed by atoms with Crippen LogP contribution in [-0.2, 0) is 50.1 Å². The van der Waals surface area contributed by atoms with Crippen molar-refractivity contribution >= 4 is 0 Å². The largest absolute Gasteiger partial charge is 0.374 e. The lowest BCUT2D eigenvalue weighted by molar-refractivity contribution is -0.317. The molecule has 5 atom stereocenters. The number of benzene rings is 4. The van der Waals surface area contributed by atoms with Crippen molar-refractivity contribution in [3.63, 3.8) is 0 Å². The van der Waals surface area contributed by atoms with Gasteiger partial charge in [0.1, 0.15) is 24.4 Å². The summed E-state index contributed by atoms with van der Waals surface area (Å²) >= 11 is 0. The Morgan fingerprint density at radius 1 is 0.475 bits per heavy atom. The molecule has 4 aromatic rings. The molecule has 0 radical (unpaired) electrons. The van der Waals surface area contributed by atoms with Crippen LogP contribution < -0.4 is 0 Å². The molecule has 5 rings (SSSR count). The van der Waals surface area contributed by atoms with Gasteiger partial charge in [-0.05, 0) is 22.3 Å². The topological polar surface area (TPSA) is 66.4 Å². The zero-order valence-corrected chi connectivity index (χ0v) is 22.5. The summed E-state index contributed by atoms with van der Waals surface area (Å²) in [7, 11) is 0. The Bertz CT molecular complexity index is 1240.